The second-order valence-corrected chi connectivity index (χ2v) is 5.24. The minimum absolute atomic E-state index is 0.0173. The Morgan fingerprint density at radius 2 is 1.19 bits per heavy atom. The van der Waals surface area contributed by atoms with Crippen molar-refractivity contribution < 1.29 is 49.2 Å². The number of carboxylic acids is 4. The molecule has 146 valence electrons. The highest BCUT2D eigenvalue weighted by Crippen LogP contribution is 2.13. The first-order valence-corrected chi connectivity index (χ1v) is 7.14. The summed E-state index contributed by atoms with van der Waals surface area (Å²) < 4.78 is 0. The maximum absolute atomic E-state index is 12.3. The Balaban J connectivity index is 5.76. The van der Waals surface area contributed by atoms with E-state index in [9.17, 15) is 28.8 Å². The zero-order chi connectivity index (χ0) is 20.6. The van der Waals surface area contributed by atoms with Gasteiger partial charge in [-0.05, 0) is 6.42 Å². The SMILES string of the molecule is NC(CCC(=O)O)C(=O)N(C(=O)C(N)CC(=O)O)C(CC(=O)O)C(=O)O. The summed E-state index contributed by atoms with van der Waals surface area (Å²) >= 11 is 0. The van der Waals surface area contributed by atoms with E-state index in [1.165, 1.54) is 0 Å². The summed E-state index contributed by atoms with van der Waals surface area (Å²) in [7, 11) is 0. The van der Waals surface area contributed by atoms with Gasteiger partial charge in [-0.15, -0.1) is 0 Å². The number of aliphatic carboxylic acids is 4. The third-order valence-electron chi connectivity index (χ3n) is 3.14. The van der Waals surface area contributed by atoms with Crippen molar-refractivity contribution in [3.05, 3.63) is 0 Å². The van der Waals surface area contributed by atoms with E-state index < -0.39 is 79.5 Å². The third kappa shape index (κ3) is 7.23. The van der Waals surface area contributed by atoms with E-state index in [1.807, 2.05) is 0 Å². The van der Waals surface area contributed by atoms with Crippen molar-refractivity contribution in [3.63, 3.8) is 0 Å². The molecule has 13 nitrogen and oxygen atoms in total. The van der Waals surface area contributed by atoms with Crippen LogP contribution in [0.4, 0.5) is 0 Å². The quantitative estimate of drug-likeness (QED) is 0.215. The fraction of sp³-hybridized carbons (Fsp3) is 0.538. The molecule has 0 aromatic rings. The van der Waals surface area contributed by atoms with Gasteiger partial charge >= 0.3 is 23.9 Å². The molecule has 8 N–H and O–H groups in total. The molecule has 0 saturated carbocycles. The molecule has 0 aliphatic heterocycles. The summed E-state index contributed by atoms with van der Waals surface area (Å²) in [6.45, 7) is 0. The summed E-state index contributed by atoms with van der Waals surface area (Å²) in [6, 6.07) is -5.66. The molecule has 2 amide bonds. The number of hydrogen-bond acceptors (Lipinski definition) is 8. The Morgan fingerprint density at radius 3 is 1.58 bits per heavy atom. The van der Waals surface area contributed by atoms with Crippen LogP contribution < -0.4 is 11.5 Å². The second kappa shape index (κ2) is 10.0. The summed E-state index contributed by atoms with van der Waals surface area (Å²) in [4.78, 5) is 68.0. The van der Waals surface area contributed by atoms with Crippen molar-refractivity contribution >= 4 is 35.7 Å². The monoisotopic (exact) mass is 377 g/mol. The highest BCUT2D eigenvalue weighted by molar-refractivity contribution is 6.04. The van der Waals surface area contributed by atoms with E-state index >= 15 is 0 Å². The van der Waals surface area contributed by atoms with Gasteiger partial charge in [0.1, 0.15) is 6.04 Å². The summed E-state index contributed by atoms with van der Waals surface area (Å²) in [5.41, 5.74) is 10.8. The van der Waals surface area contributed by atoms with Crippen LogP contribution in [0.15, 0.2) is 0 Å². The maximum Gasteiger partial charge on any atom is 0.327 e. The zero-order valence-corrected chi connectivity index (χ0v) is 13.4. The smallest absolute Gasteiger partial charge is 0.327 e. The van der Waals surface area contributed by atoms with Gasteiger partial charge in [0.2, 0.25) is 11.8 Å². The predicted molar refractivity (Wildman–Crippen MR) is 80.6 cm³/mol. The topological polar surface area (TPSA) is 239 Å². The minimum Gasteiger partial charge on any atom is -0.481 e. The number of nitrogens with zero attached hydrogens (tertiary/aromatic N) is 1. The Labute approximate surface area is 146 Å². The van der Waals surface area contributed by atoms with Gasteiger partial charge in [-0.1, -0.05) is 0 Å². The highest BCUT2D eigenvalue weighted by Gasteiger charge is 2.40. The fourth-order valence-electron chi connectivity index (χ4n) is 1.91. The van der Waals surface area contributed by atoms with Crippen LogP contribution in [0.3, 0.4) is 0 Å². The Kier molecular flexibility index (Phi) is 8.87. The van der Waals surface area contributed by atoms with E-state index in [1.54, 1.807) is 0 Å². The number of carbonyl (C=O) groups excluding carboxylic acids is 2. The highest BCUT2D eigenvalue weighted by atomic mass is 16.4. The Bertz CT molecular complexity index is 605. The minimum atomic E-state index is -2.19. The van der Waals surface area contributed by atoms with Gasteiger partial charge in [0, 0.05) is 6.42 Å². The molecule has 0 aliphatic rings. The second-order valence-electron chi connectivity index (χ2n) is 5.24. The first-order chi connectivity index (χ1) is 11.9. The van der Waals surface area contributed by atoms with E-state index in [2.05, 4.69) is 0 Å². The Hall–Kier alpha value is -3.06. The zero-order valence-electron chi connectivity index (χ0n) is 13.4. The van der Waals surface area contributed by atoms with Crippen LogP contribution in [0.1, 0.15) is 25.7 Å². The van der Waals surface area contributed by atoms with Gasteiger partial charge < -0.3 is 31.9 Å². The van der Waals surface area contributed by atoms with Crippen LogP contribution in [0.2, 0.25) is 0 Å². The predicted octanol–water partition coefficient (Wildman–Crippen LogP) is -2.74. The molecule has 13 heteroatoms. The van der Waals surface area contributed by atoms with Crippen molar-refractivity contribution in [1.82, 2.24) is 4.90 Å². The van der Waals surface area contributed by atoms with Gasteiger partial charge in [0.05, 0.1) is 24.9 Å². The van der Waals surface area contributed by atoms with Crippen LogP contribution >= 0.6 is 0 Å². The lowest BCUT2D eigenvalue weighted by atomic mass is 10.0. The molecule has 3 unspecified atom stereocenters. The van der Waals surface area contributed by atoms with E-state index in [4.69, 9.17) is 31.9 Å². The number of imide groups is 1. The molecule has 3 atom stereocenters. The molecule has 0 rings (SSSR count). The van der Waals surface area contributed by atoms with Crippen molar-refractivity contribution in [2.24, 2.45) is 11.5 Å². The molecule has 0 spiro atoms. The largest absolute Gasteiger partial charge is 0.481 e. The van der Waals surface area contributed by atoms with Gasteiger partial charge in [0.25, 0.3) is 0 Å². The van der Waals surface area contributed by atoms with Crippen LogP contribution in [0, 0.1) is 0 Å². The maximum atomic E-state index is 12.3. The van der Waals surface area contributed by atoms with Gasteiger partial charge in [0.15, 0.2) is 0 Å². The summed E-state index contributed by atoms with van der Waals surface area (Å²) in [5, 5.41) is 35.2. The molecular weight excluding hydrogens is 358 g/mol. The van der Waals surface area contributed by atoms with E-state index in [0.717, 1.165) is 0 Å². The average Bonchev–Trinajstić information content (AvgIpc) is 2.50. The molecule has 0 fully saturated rings. The lowest BCUT2D eigenvalue weighted by molar-refractivity contribution is -0.162. The molecule has 0 heterocycles. The summed E-state index contributed by atoms with van der Waals surface area (Å²) in [6.07, 6.45) is -3.18. The molecular formula is C13H19N3O10. The number of nitrogens with two attached hydrogens (primary N) is 2. The lowest BCUT2D eigenvalue weighted by Gasteiger charge is -2.30. The van der Waals surface area contributed by atoms with Gasteiger partial charge in [-0.3, -0.25) is 28.9 Å². The normalized spacial score (nSPS) is 13.9. The first kappa shape index (κ1) is 22.9. The molecule has 0 aromatic carbocycles. The Morgan fingerprint density at radius 1 is 0.731 bits per heavy atom. The van der Waals surface area contributed by atoms with Crippen molar-refractivity contribution in [2.75, 3.05) is 0 Å². The van der Waals surface area contributed by atoms with Crippen LogP contribution in [0.25, 0.3) is 0 Å². The molecule has 0 bridgehead atoms. The van der Waals surface area contributed by atoms with Crippen LogP contribution in [-0.2, 0) is 28.8 Å². The standard InChI is InChI=1S/C13H19N3O10/c14-5(1-2-8(17)18)11(23)16(7(13(25)26)4-10(21)22)12(24)6(15)3-9(19)20/h5-7H,1-4,14-15H2,(H,17,18)(H,19,20)(H,21,22)(H,25,26). The number of hydrogen-bond donors (Lipinski definition) is 6. The fourth-order valence-corrected chi connectivity index (χ4v) is 1.91. The van der Waals surface area contributed by atoms with Gasteiger partial charge in [-0.2, -0.15) is 0 Å². The number of carboxylic acid groups (broad SMARTS) is 4. The molecule has 0 aliphatic carbocycles. The van der Waals surface area contributed by atoms with Crippen LogP contribution in [-0.4, -0.2) is 79.1 Å². The lowest BCUT2D eigenvalue weighted by Crippen LogP contribution is -2.59. The van der Waals surface area contributed by atoms with Crippen molar-refractivity contribution in [2.45, 2.75) is 43.8 Å². The number of rotatable bonds is 11. The van der Waals surface area contributed by atoms with E-state index in [0.29, 0.717) is 0 Å². The number of amides is 2. The van der Waals surface area contributed by atoms with Crippen LogP contribution in [0.5, 0.6) is 0 Å². The molecule has 0 saturated heterocycles. The third-order valence-corrected chi connectivity index (χ3v) is 3.14. The van der Waals surface area contributed by atoms with Crippen molar-refractivity contribution in [1.29, 1.82) is 0 Å². The molecule has 26 heavy (non-hydrogen) atoms. The van der Waals surface area contributed by atoms with Gasteiger partial charge in [-0.25, -0.2) is 4.79 Å². The van der Waals surface area contributed by atoms with Crippen molar-refractivity contribution in [3.8, 4) is 0 Å². The first-order valence-electron chi connectivity index (χ1n) is 7.14. The average molecular weight is 377 g/mol. The van der Waals surface area contributed by atoms with E-state index in [-0.39, 0.29) is 4.90 Å². The molecule has 0 radical (unpaired) electrons. The number of carbonyl (C=O) groups is 6. The molecule has 0 aromatic heterocycles. The summed E-state index contributed by atoms with van der Waals surface area (Å²) in [5.74, 6) is -9.16.